The average molecular weight is 346 g/mol. The van der Waals surface area contributed by atoms with Gasteiger partial charge in [-0.3, -0.25) is 14.4 Å². The minimum Gasteiger partial charge on any atom is -0.306 e. The highest BCUT2D eigenvalue weighted by Crippen LogP contribution is 2.32. The topological polar surface area (TPSA) is 68.8 Å². The zero-order chi connectivity index (χ0) is 16.5. The van der Waals surface area contributed by atoms with Crippen LogP contribution in [0.5, 0.6) is 0 Å². The molecule has 1 atom stereocenters. The van der Waals surface area contributed by atoms with Crippen LogP contribution in [0.2, 0.25) is 0 Å². The minimum atomic E-state index is -0.0997. The van der Waals surface area contributed by atoms with Gasteiger partial charge in [0.05, 0.1) is 5.25 Å². The Morgan fingerprint density at radius 3 is 2.92 bits per heavy atom. The number of carbonyl (C=O) groups is 1. The fourth-order valence-corrected chi connectivity index (χ4v) is 4.58. The van der Waals surface area contributed by atoms with E-state index >= 15 is 0 Å². The number of aromatic nitrogens is 5. The standard InChI is InChI=1S/C16H22N6OS/c1-20-11-8-14(19-20)21-10-5-6-12(15(21)23)24-16-18-17-13-7-3-2-4-9-22(13)16/h8,11-12H,2-7,9-10H2,1H3/t12-/m0/s1. The van der Waals surface area contributed by atoms with Crippen molar-refractivity contribution in [3.05, 3.63) is 18.1 Å². The van der Waals surface area contributed by atoms with E-state index in [0.717, 1.165) is 55.6 Å². The van der Waals surface area contributed by atoms with E-state index in [1.807, 2.05) is 19.3 Å². The van der Waals surface area contributed by atoms with Crippen molar-refractivity contribution in [3.63, 3.8) is 0 Å². The molecule has 0 N–H and O–H groups in total. The lowest BCUT2D eigenvalue weighted by Gasteiger charge is -2.30. The molecule has 0 unspecified atom stereocenters. The first kappa shape index (κ1) is 15.7. The van der Waals surface area contributed by atoms with E-state index in [9.17, 15) is 4.79 Å². The van der Waals surface area contributed by atoms with Gasteiger partial charge in [0.15, 0.2) is 11.0 Å². The number of aryl methyl sites for hydroxylation is 2. The smallest absolute Gasteiger partial charge is 0.241 e. The Morgan fingerprint density at radius 2 is 2.08 bits per heavy atom. The average Bonchev–Trinajstić information content (AvgIpc) is 3.09. The van der Waals surface area contributed by atoms with Crippen molar-refractivity contribution in [3.8, 4) is 0 Å². The van der Waals surface area contributed by atoms with Crippen LogP contribution in [0.15, 0.2) is 17.4 Å². The second kappa shape index (κ2) is 6.58. The molecule has 7 nitrogen and oxygen atoms in total. The molecule has 2 aromatic heterocycles. The van der Waals surface area contributed by atoms with E-state index in [-0.39, 0.29) is 11.2 Å². The lowest BCUT2D eigenvalue weighted by molar-refractivity contribution is -0.119. The van der Waals surface area contributed by atoms with Crippen LogP contribution in [-0.4, -0.2) is 42.2 Å². The molecule has 0 bridgehead atoms. The maximum atomic E-state index is 12.9. The summed E-state index contributed by atoms with van der Waals surface area (Å²) in [5, 5.41) is 13.9. The second-order valence-electron chi connectivity index (χ2n) is 6.45. The van der Waals surface area contributed by atoms with E-state index in [1.165, 1.54) is 12.8 Å². The molecule has 1 saturated heterocycles. The maximum Gasteiger partial charge on any atom is 0.241 e. The molecule has 0 spiro atoms. The molecule has 0 aromatic carbocycles. The number of thioether (sulfide) groups is 1. The van der Waals surface area contributed by atoms with Gasteiger partial charge >= 0.3 is 0 Å². The van der Waals surface area contributed by atoms with E-state index in [1.54, 1.807) is 21.3 Å². The van der Waals surface area contributed by atoms with Crippen LogP contribution in [-0.2, 0) is 24.8 Å². The molecule has 0 saturated carbocycles. The highest BCUT2D eigenvalue weighted by molar-refractivity contribution is 8.00. The fourth-order valence-electron chi connectivity index (χ4n) is 3.40. The first-order valence-electron chi connectivity index (χ1n) is 8.62. The van der Waals surface area contributed by atoms with Crippen LogP contribution in [0.1, 0.15) is 37.9 Å². The Morgan fingerprint density at radius 1 is 1.17 bits per heavy atom. The predicted octanol–water partition coefficient (Wildman–Crippen LogP) is 2.03. The molecule has 2 aliphatic heterocycles. The summed E-state index contributed by atoms with van der Waals surface area (Å²) in [6.45, 7) is 1.71. The van der Waals surface area contributed by atoms with E-state index in [2.05, 4.69) is 19.9 Å². The summed E-state index contributed by atoms with van der Waals surface area (Å²) in [5.74, 6) is 1.95. The fraction of sp³-hybridized carbons (Fsp3) is 0.625. The Bertz CT molecular complexity index is 739. The Labute approximate surface area is 145 Å². The first-order chi connectivity index (χ1) is 11.7. The summed E-state index contributed by atoms with van der Waals surface area (Å²) in [7, 11) is 1.87. The third-order valence-electron chi connectivity index (χ3n) is 4.69. The molecule has 1 amide bonds. The number of nitrogens with zero attached hydrogens (tertiary/aromatic N) is 6. The minimum absolute atomic E-state index is 0.0997. The van der Waals surface area contributed by atoms with Crippen molar-refractivity contribution in [2.75, 3.05) is 11.4 Å². The van der Waals surface area contributed by atoms with Crippen molar-refractivity contribution in [1.82, 2.24) is 24.5 Å². The largest absolute Gasteiger partial charge is 0.306 e. The lowest BCUT2D eigenvalue weighted by Crippen LogP contribution is -2.43. The van der Waals surface area contributed by atoms with E-state index in [0.29, 0.717) is 0 Å². The van der Waals surface area contributed by atoms with Crippen LogP contribution < -0.4 is 4.90 Å². The van der Waals surface area contributed by atoms with Crippen LogP contribution in [0.4, 0.5) is 5.82 Å². The van der Waals surface area contributed by atoms with Gasteiger partial charge in [0.2, 0.25) is 5.91 Å². The quantitative estimate of drug-likeness (QED) is 0.850. The highest BCUT2D eigenvalue weighted by atomic mass is 32.2. The van der Waals surface area contributed by atoms with Crippen molar-refractivity contribution >= 4 is 23.5 Å². The molecule has 24 heavy (non-hydrogen) atoms. The summed E-state index contributed by atoms with van der Waals surface area (Å²) in [5.41, 5.74) is 0. The van der Waals surface area contributed by atoms with Gasteiger partial charge in [0, 0.05) is 38.8 Å². The molecular weight excluding hydrogens is 324 g/mol. The van der Waals surface area contributed by atoms with Gasteiger partial charge in [-0.15, -0.1) is 10.2 Å². The Kier molecular flexibility index (Phi) is 4.30. The number of hydrogen-bond donors (Lipinski definition) is 0. The van der Waals surface area contributed by atoms with E-state index < -0.39 is 0 Å². The van der Waals surface area contributed by atoms with Crippen molar-refractivity contribution in [2.24, 2.45) is 7.05 Å². The van der Waals surface area contributed by atoms with Crippen LogP contribution in [0.3, 0.4) is 0 Å². The SMILES string of the molecule is Cn1ccc(N2CCC[C@H](Sc3nnc4n3CCCCC4)C2=O)n1. The normalized spacial score (nSPS) is 21.6. The van der Waals surface area contributed by atoms with Gasteiger partial charge in [0.1, 0.15) is 5.82 Å². The summed E-state index contributed by atoms with van der Waals surface area (Å²) in [6, 6.07) is 1.90. The molecule has 1 fully saturated rings. The molecule has 8 heteroatoms. The number of carbonyl (C=O) groups excluding carboxylic acids is 1. The van der Waals surface area contributed by atoms with Crippen LogP contribution in [0, 0.1) is 0 Å². The number of piperidine rings is 1. The molecule has 4 heterocycles. The van der Waals surface area contributed by atoms with Gasteiger partial charge in [-0.1, -0.05) is 18.2 Å². The monoisotopic (exact) mass is 346 g/mol. The first-order valence-corrected chi connectivity index (χ1v) is 9.50. The third kappa shape index (κ3) is 2.94. The second-order valence-corrected chi connectivity index (χ2v) is 7.62. The summed E-state index contributed by atoms with van der Waals surface area (Å²) < 4.78 is 3.95. The van der Waals surface area contributed by atoms with Gasteiger partial charge in [-0.05, 0) is 25.7 Å². The van der Waals surface area contributed by atoms with Gasteiger partial charge in [-0.2, -0.15) is 5.10 Å². The number of rotatable bonds is 3. The number of anilines is 1. The number of fused-ring (bicyclic) bond motifs is 1. The van der Waals surface area contributed by atoms with Gasteiger partial charge < -0.3 is 4.57 Å². The molecular formula is C16H22N6OS. The zero-order valence-electron chi connectivity index (χ0n) is 13.9. The molecule has 4 rings (SSSR count). The molecule has 2 aromatic rings. The zero-order valence-corrected chi connectivity index (χ0v) is 14.7. The van der Waals surface area contributed by atoms with Crippen molar-refractivity contribution in [1.29, 1.82) is 0 Å². The molecule has 0 radical (unpaired) electrons. The number of amides is 1. The molecule has 0 aliphatic carbocycles. The van der Waals surface area contributed by atoms with Crippen LogP contribution in [0.25, 0.3) is 0 Å². The maximum absolute atomic E-state index is 12.9. The van der Waals surface area contributed by atoms with Crippen molar-refractivity contribution in [2.45, 2.75) is 55.5 Å². The highest BCUT2D eigenvalue weighted by Gasteiger charge is 2.33. The third-order valence-corrected chi connectivity index (χ3v) is 5.92. The lowest BCUT2D eigenvalue weighted by atomic mass is 10.1. The van der Waals surface area contributed by atoms with Gasteiger partial charge in [0.25, 0.3) is 0 Å². The summed E-state index contributed by atoms with van der Waals surface area (Å²) >= 11 is 1.57. The Balaban J connectivity index is 1.52. The Hall–Kier alpha value is -1.83. The van der Waals surface area contributed by atoms with E-state index in [4.69, 9.17) is 0 Å². The predicted molar refractivity (Wildman–Crippen MR) is 92.0 cm³/mol. The van der Waals surface area contributed by atoms with Crippen molar-refractivity contribution < 1.29 is 4.79 Å². The summed E-state index contributed by atoms with van der Waals surface area (Å²) in [6.07, 6.45) is 8.32. The molecule has 128 valence electrons. The number of hydrogen-bond acceptors (Lipinski definition) is 5. The molecule has 2 aliphatic rings. The van der Waals surface area contributed by atoms with Crippen LogP contribution >= 0.6 is 11.8 Å². The van der Waals surface area contributed by atoms with Gasteiger partial charge in [-0.25, -0.2) is 0 Å². The summed E-state index contributed by atoms with van der Waals surface area (Å²) in [4.78, 5) is 14.7.